The Morgan fingerprint density at radius 1 is 0.826 bits per heavy atom. The number of hydrogen-bond acceptors (Lipinski definition) is 2. The minimum atomic E-state index is -7.75. The van der Waals surface area contributed by atoms with Crippen molar-refractivity contribution < 1.29 is 61.3 Å². The highest BCUT2D eigenvalue weighted by molar-refractivity contribution is 7.87. The fraction of sp³-hybridized carbons (Fsp3) is 1.00. The Morgan fingerprint density at radius 2 is 1.17 bits per heavy atom. The van der Waals surface area contributed by atoms with E-state index in [2.05, 4.69) is 0 Å². The summed E-state index contributed by atoms with van der Waals surface area (Å²) < 4.78 is 169. The van der Waals surface area contributed by atoms with Crippen molar-refractivity contribution in [2.75, 3.05) is 0 Å². The molecule has 1 atom stereocenters. The standard InChI is InChI=1S/C8H7F11O3S/c1-2-3(9)4(10,11)5(12,13)6(14,15)7(16,17)8(18,19)23(20,21)22/h3H,2H2,1H3,(H,20,21,22). The highest BCUT2D eigenvalue weighted by Gasteiger charge is 2.89. The van der Waals surface area contributed by atoms with Gasteiger partial charge in [0.05, 0.1) is 0 Å². The van der Waals surface area contributed by atoms with Gasteiger partial charge in [0.25, 0.3) is 0 Å². The molecule has 0 spiro atoms. The maximum Gasteiger partial charge on any atom is 0.438 e. The Morgan fingerprint density at radius 3 is 1.43 bits per heavy atom. The zero-order valence-electron chi connectivity index (χ0n) is 10.6. The number of rotatable bonds is 7. The molecule has 0 aliphatic heterocycles. The van der Waals surface area contributed by atoms with Gasteiger partial charge >= 0.3 is 39.1 Å². The number of halogens is 11. The minimum Gasteiger partial charge on any atom is -0.281 e. The molecule has 0 aliphatic carbocycles. The fourth-order valence-corrected chi connectivity index (χ4v) is 1.66. The molecule has 0 heterocycles. The molecule has 0 bridgehead atoms. The van der Waals surface area contributed by atoms with Gasteiger partial charge in [0.15, 0.2) is 6.17 Å². The molecule has 15 heteroatoms. The summed E-state index contributed by atoms with van der Waals surface area (Å²) in [7, 11) is -7.41. The highest BCUT2D eigenvalue weighted by Crippen LogP contribution is 2.59. The van der Waals surface area contributed by atoms with Gasteiger partial charge in [-0.2, -0.15) is 52.3 Å². The maximum atomic E-state index is 13.0. The summed E-state index contributed by atoms with van der Waals surface area (Å²) >= 11 is 0. The molecule has 23 heavy (non-hydrogen) atoms. The van der Waals surface area contributed by atoms with Gasteiger partial charge in [-0.15, -0.1) is 0 Å². The molecule has 3 nitrogen and oxygen atoms in total. The van der Waals surface area contributed by atoms with Gasteiger partial charge in [-0.1, -0.05) is 6.92 Å². The third kappa shape index (κ3) is 2.85. The minimum absolute atomic E-state index is 0.428. The summed E-state index contributed by atoms with van der Waals surface area (Å²) in [4.78, 5) is 0. The smallest absolute Gasteiger partial charge is 0.281 e. The van der Waals surface area contributed by atoms with Crippen LogP contribution in [0.4, 0.5) is 48.3 Å². The molecule has 0 aromatic rings. The van der Waals surface area contributed by atoms with Crippen LogP contribution in [0.5, 0.6) is 0 Å². The molecule has 0 aliphatic rings. The van der Waals surface area contributed by atoms with E-state index < -0.39 is 51.7 Å². The normalized spacial score (nSPS) is 17.3. The van der Waals surface area contributed by atoms with Crippen LogP contribution in [0.1, 0.15) is 13.3 Å². The fourth-order valence-electron chi connectivity index (χ4n) is 1.20. The Labute approximate surface area is 121 Å². The first-order valence-electron chi connectivity index (χ1n) is 5.23. The van der Waals surface area contributed by atoms with E-state index in [1.165, 1.54) is 0 Å². The average Bonchev–Trinajstić information content (AvgIpc) is 2.35. The quantitative estimate of drug-likeness (QED) is 0.531. The van der Waals surface area contributed by atoms with Gasteiger partial charge in [0.1, 0.15) is 0 Å². The van der Waals surface area contributed by atoms with E-state index in [0.717, 1.165) is 0 Å². The third-order valence-electron chi connectivity index (χ3n) is 2.65. The van der Waals surface area contributed by atoms with E-state index in [0.29, 0.717) is 6.92 Å². The second-order valence-corrected chi connectivity index (χ2v) is 5.68. The van der Waals surface area contributed by atoms with Gasteiger partial charge in [-0.3, -0.25) is 4.55 Å². The van der Waals surface area contributed by atoms with Crippen LogP contribution in [-0.4, -0.2) is 48.1 Å². The predicted molar refractivity (Wildman–Crippen MR) is 51.5 cm³/mol. The molecule has 0 aromatic carbocycles. The van der Waals surface area contributed by atoms with Crippen LogP contribution in [0.25, 0.3) is 0 Å². The Hall–Kier alpha value is -0.860. The lowest BCUT2D eigenvalue weighted by atomic mass is 9.94. The Bertz CT molecular complexity index is 541. The van der Waals surface area contributed by atoms with E-state index in [9.17, 15) is 56.7 Å². The molecule has 0 aromatic heterocycles. The lowest BCUT2D eigenvalue weighted by Crippen LogP contribution is -2.70. The molecule has 1 N–H and O–H groups in total. The van der Waals surface area contributed by atoms with Crippen molar-refractivity contribution in [1.29, 1.82) is 0 Å². The van der Waals surface area contributed by atoms with Gasteiger partial charge in [0.2, 0.25) is 0 Å². The molecule has 0 rings (SSSR count). The van der Waals surface area contributed by atoms with Crippen LogP contribution in [0, 0.1) is 0 Å². The zero-order valence-corrected chi connectivity index (χ0v) is 11.4. The Kier molecular flexibility index (Phi) is 5.39. The lowest BCUT2D eigenvalue weighted by molar-refractivity contribution is -0.396. The zero-order chi connectivity index (χ0) is 19.3. The number of hydrogen-bond donors (Lipinski definition) is 1. The van der Waals surface area contributed by atoms with Crippen molar-refractivity contribution >= 4 is 10.1 Å². The topological polar surface area (TPSA) is 54.4 Å². The van der Waals surface area contributed by atoms with Crippen LogP contribution in [-0.2, 0) is 10.1 Å². The summed E-state index contributed by atoms with van der Waals surface area (Å²) in [5, 5.41) is -7.26. The molecular formula is C8H7F11O3S. The van der Waals surface area contributed by atoms with E-state index in [1.54, 1.807) is 0 Å². The first kappa shape index (κ1) is 22.1. The van der Waals surface area contributed by atoms with Gasteiger partial charge < -0.3 is 0 Å². The van der Waals surface area contributed by atoms with Crippen molar-refractivity contribution in [1.82, 2.24) is 0 Å². The Balaban J connectivity index is 6.36. The highest BCUT2D eigenvalue weighted by atomic mass is 32.2. The van der Waals surface area contributed by atoms with Crippen molar-refractivity contribution in [3.63, 3.8) is 0 Å². The van der Waals surface area contributed by atoms with Gasteiger partial charge in [-0.25, -0.2) is 4.39 Å². The first-order chi connectivity index (χ1) is 9.73. The van der Waals surface area contributed by atoms with Crippen molar-refractivity contribution in [2.45, 2.75) is 48.5 Å². The van der Waals surface area contributed by atoms with E-state index in [1.807, 2.05) is 0 Å². The van der Waals surface area contributed by atoms with Crippen LogP contribution >= 0.6 is 0 Å². The summed E-state index contributed by atoms with van der Waals surface area (Å²) in [5.41, 5.74) is 0. The van der Waals surface area contributed by atoms with Crippen LogP contribution in [0.2, 0.25) is 0 Å². The van der Waals surface area contributed by atoms with Crippen molar-refractivity contribution in [3.8, 4) is 0 Å². The predicted octanol–water partition coefficient (Wildman–Crippen LogP) is 3.76. The van der Waals surface area contributed by atoms with Crippen LogP contribution in [0.3, 0.4) is 0 Å². The molecule has 140 valence electrons. The second kappa shape index (κ2) is 5.60. The maximum absolute atomic E-state index is 13.0. The van der Waals surface area contributed by atoms with Crippen LogP contribution in [0.15, 0.2) is 0 Å². The molecule has 0 saturated heterocycles. The lowest BCUT2D eigenvalue weighted by Gasteiger charge is -2.39. The second-order valence-electron chi connectivity index (χ2n) is 4.21. The molecule has 0 fully saturated rings. The monoisotopic (exact) mass is 392 g/mol. The third-order valence-corrected chi connectivity index (χ3v) is 3.55. The average molecular weight is 392 g/mol. The summed E-state index contributed by atoms with van der Waals surface area (Å²) in [5.74, 6) is -29.4. The van der Waals surface area contributed by atoms with Crippen molar-refractivity contribution in [2.24, 2.45) is 0 Å². The largest absolute Gasteiger partial charge is 0.438 e. The van der Waals surface area contributed by atoms with Crippen molar-refractivity contribution in [3.05, 3.63) is 0 Å². The molecule has 1 unspecified atom stereocenters. The van der Waals surface area contributed by atoms with Crippen LogP contribution < -0.4 is 0 Å². The first-order valence-corrected chi connectivity index (χ1v) is 6.67. The molecule has 0 saturated carbocycles. The molecule has 0 radical (unpaired) electrons. The number of alkyl halides is 11. The summed E-state index contributed by atoms with van der Waals surface area (Å²) in [6.45, 7) is 0.428. The summed E-state index contributed by atoms with van der Waals surface area (Å²) in [6.07, 6.45) is -5.72. The summed E-state index contributed by atoms with van der Waals surface area (Å²) in [6, 6.07) is 0. The van der Waals surface area contributed by atoms with Gasteiger partial charge in [-0.05, 0) is 6.42 Å². The molecular weight excluding hydrogens is 385 g/mol. The van der Waals surface area contributed by atoms with E-state index in [4.69, 9.17) is 4.55 Å². The molecule has 0 amide bonds. The SMILES string of the molecule is CCC(F)C(F)(F)C(F)(F)C(F)(F)C(F)(F)C(F)(F)S(=O)(=O)O. The van der Waals surface area contributed by atoms with E-state index in [-0.39, 0.29) is 0 Å². The van der Waals surface area contributed by atoms with E-state index >= 15 is 0 Å². The van der Waals surface area contributed by atoms with Gasteiger partial charge in [0, 0.05) is 0 Å².